The highest BCUT2D eigenvalue weighted by atomic mass is 15.2. The normalized spacial score (nSPS) is 14.4. The van der Waals surface area contributed by atoms with E-state index in [0.29, 0.717) is 47.7 Å². The molecule has 6 heterocycles. The van der Waals surface area contributed by atoms with Crippen molar-refractivity contribution in [3.8, 4) is 12.1 Å². The number of aryl methyl sites for hydroxylation is 6. The maximum Gasteiger partial charge on any atom is 0.151 e. The second kappa shape index (κ2) is 24.1. The molecule has 2 fully saturated rings. The van der Waals surface area contributed by atoms with Gasteiger partial charge in [-0.2, -0.15) is 10.5 Å². The lowest BCUT2D eigenvalue weighted by molar-refractivity contribution is 0.317. The number of nitrogens with zero attached hydrogens (tertiary/aromatic N) is 10. The van der Waals surface area contributed by atoms with Crippen LogP contribution in [0.4, 0.5) is 34.4 Å². The van der Waals surface area contributed by atoms with Crippen molar-refractivity contribution in [3.63, 3.8) is 0 Å². The van der Waals surface area contributed by atoms with Gasteiger partial charge in [-0.3, -0.25) is 0 Å². The standard InChI is InChI=1S/2C33H39N7/c2*1-21-17-26(12-11-24(21)19-30-35-22(2)18-23(3)36-30)37-32-28(20-34)31(27-9-7-8-10-29(27)38-32)40-15-13-25(14-16-40)39-33(4,5)6/h2*7-12,17-18,25,39H,13-16,19H2,1-6H3,(H,37,38). The third kappa shape index (κ3) is 14.0. The van der Waals surface area contributed by atoms with Crippen LogP contribution in [0.25, 0.3) is 21.8 Å². The molecule has 14 heteroatoms. The molecule has 2 aliphatic heterocycles. The van der Waals surface area contributed by atoms with Crippen LogP contribution in [0.3, 0.4) is 0 Å². The molecule has 0 unspecified atom stereocenters. The molecule has 8 aromatic rings. The summed E-state index contributed by atoms with van der Waals surface area (Å²) in [5, 5.41) is 37.3. The summed E-state index contributed by atoms with van der Waals surface area (Å²) in [6.45, 7) is 29.1. The highest BCUT2D eigenvalue weighted by molar-refractivity contribution is 5.99. The Hall–Kier alpha value is -8.04. The quantitative estimate of drug-likeness (QED) is 0.0908. The molecule has 0 aliphatic carbocycles. The van der Waals surface area contributed by atoms with Gasteiger partial charge in [-0.25, -0.2) is 29.9 Å². The Bertz CT molecular complexity index is 3340. The van der Waals surface area contributed by atoms with Crippen molar-refractivity contribution in [2.24, 2.45) is 0 Å². The third-order valence-electron chi connectivity index (χ3n) is 14.8. The Morgan fingerprint density at radius 3 is 1.15 bits per heavy atom. The van der Waals surface area contributed by atoms with Crippen LogP contribution in [-0.4, -0.2) is 79.2 Å². The summed E-state index contributed by atoms with van der Waals surface area (Å²) in [6.07, 6.45) is 5.49. The predicted molar refractivity (Wildman–Crippen MR) is 327 cm³/mol. The maximum atomic E-state index is 10.4. The summed E-state index contributed by atoms with van der Waals surface area (Å²) >= 11 is 0. The minimum atomic E-state index is 0.0881. The van der Waals surface area contributed by atoms with Gasteiger partial charge in [0.15, 0.2) is 11.6 Å². The Labute approximate surface area is 473 Å². The van der Waals surface area contributed by atoms with Crippen molar-refractivity contribution in [2.45, 2.75) is 145 Å². The number of rotatable bonds is 12. The zero-order valence-corrected chi connectivity index (χ0v) is 48.9. The first-order chi connectivity index (χ1) is 38.2. The summed E-state index contributed by atoms with van der Waals surface area (Å²) in [7, 11) is 0. The Balaban J connectivity index is 0.000000194. The van der Waals surface area contributed by atoms with E-state index in [0.717, 1.165) is 142 Å². The van der Waals surface area contributed by atoms with Gasteiger partial charge in [-0.15, -0.1) is 0 Å². The summed E-state index contributed by atoms with van der Waals surface area (Å²) in [4.78, 5) is 33.0. The minimum Gasteiger partial charge on any atom is -0.370 e. The van der Waals surface area contributed by atoms with Crippen LogP contribution >= 0.6 is 0 Å². The SMILES string of the molecule is Cc1cc(C)nc(Cc2ccc(Nc3nc4ccccc4c(N4CCC(NC(C)(C)C)CC4)c3C#N)cc2C)n1.Cc1cc(C)nc(Cc2ccc(Nc3nc4ccccc4c(N4CCC(NC(C)(C)C)CC4)c3C#N)cc2C)n1. The van der Waals surface area contributed by atoms with E-state index in [2.05, 4.69) is 155 Å². The molecule has 2 saturated heterocycles. The van der Waals surface area contributed by atoms with Gasteiger partial charge in [0.2, 0.25) is 0 Å². The summed E-state index contributed by atoms with van der Waals surface area (Å²) in [5.74, 6) is 2.85. The number of pyridine rings is 2. The Morgan fingerprint density at radius 1 is 0.475 bits per heavy atom. The Morgan fingerprint density at radius 2 is 0.825 bits per heavy atom. The van der Waals surface area contributed by atoms with Crippen LogP contribution in [0.2, 0.25) is 0 Å². The second-order valence-electron chi connectivity index (χ2n) is 24.0. The van der Waals surface area contributed by atoms with E-state index in [4.69, 9.17) is 9.97 Å². The second-order valence-corrected chi connectivity index (χ2v) is 24.0. The molecular formula is C66H78N14. The number of benzene rings is 4. The number of aromatic nitrogens is 6. The number of hydrogen-bond donors (Lipinski definition) is 4. The molecule has 0 amide bonds. The van der Waals surface area contributed by atoms with Crippen LogP contribution in [0, 0.1) is 64.2 Å². The molecule has 4 N–H and O–H groups in total. The zero-order valence-electron chi connectivity index (χ0n) is 48.9. The van der Waals surface area contributed by atoms with Gasteiger partial charge in [0.1, 0.15) is 34.9 Å². The maximum absolute atomic E-state index is 10.4. The van der Waals surface area contributed by atoms with E-state index in [9.17, 15) is 10.5 Å². The van der Waals surface area contributed by atoms with E-state index in [1.165, 1.54) is 11.1 Å². The summed E-state index contributed by atoms with van der Waals surface area (Å²) < 4.78 is 0. The monoisotopic (exact) mass is 1070 g/mol. The van der Waals surface area contributed by atoms with E-state index in [1.54, 1.807) is 0 Å². The van der Waals surface area contributed by atoms with Crippen molar-refractivity contribution in [1.29, 1.82) is 10.5 Å². The average Bonchev–Trinajstić information content (AvgIpc) is 3.52. The lowest BCUT2D eigenvalue weighted by Crippen LogP contribution is -2.49. The van der Waals surface area contributed by atoms with Gasteiger partial charge < -0.3 is 31.1 Å². The van der Waals surface area contributed by atoms with Gasteiger partial charge in [0, 0.05) is 107 Å². The van der Waals surface area contributed by atoms with Crippen LogP contribution in [0.5, 0.6) is 0 Å². The van der Waals surface area contributed by atoms with E-state index in [-0.39, 0.29) is 11.1 Å². The van der Waals surface area contributed by atoms with E-state index >= 15 is 0 Å². The molecule has 412 valence electrons. The van der Waals surface area contributed by atoms with Crippen molar-refractivity contribution in [2.75, 3.05) is 46.6 Å². The van der Waals surface area contributed by atoms with E-state index < -0.39 is 0 Å². The van der Waals surface area contributed by atoms with Gasteiger partial charge in [-0.1, -0.05) is 48.5 Å². The largest absolute Gasteiger partial charge is 0.370 e. The highest BCUT2D eigenvalue weighted by Gasteiger charge is 2.29. The van der Waals surface area contributed by atoms with Crippen molar-refractivity contribution in [1.82, 2.24) is 40.5 Å². The Kier molecular flexibility index (Phi) is 17.1. The van der Waals surface area contributed by atoms with Gasteiger partial charge >= 0.3 is 0 Å². The topological polar surface area (TPSA) is 180 Å². The lowest BCUT2D eigenvalue weighted by atomic mass is 9.98. The first kappa shape index (κ1) is 56.7. The molecule has 0 atom stereocenters. The number of nitriles is 2. The number of anilines is 6. The molecule has 2 aliphatic rings. The van der Waals surface area contributed by atoms with Crippen molar-refractivity contribution < 1.29 is 0 Å². The number of fused-ring (bicyclic) bond motifs is 2. The molecule has 4 aromatic heterocycles. The summed E-state index contributed by atoms with van der Waals surface area (Å²) in [5.41, 5.74) is 15.4. The van der Waals surface area contributed by atoms with Gasteiger partial charge in [0.05, 0.1) is 22.4 Å². The molecule has 14 nitrogen and oxygen atoms in total. The fraction of sp³-hybridized carbons (Fsp3) is 0.394. The van der Waals surface area contributed by atoms with Crippen LogP contribution < -0.4 is 31.1 Å². The minimum absolute atomic E-state index is 0.0881. The molecule has 10 rings (SSSR count). The third-order valence-corrected chi connectivity index (χ3v) is 14.8. The smallest absolute Gasteiger partial charge is 0.151 e. The van der Waals surface area contributed by atoms with Gasteiger partial charge in [0.25, 0.3) is 0 Å². The molecular weight excluding hydrogens is 989 g/mol. The molecule has 0 bridgehead atoms. The van der Waals surface area contributed by atoms with Gasteiger partial charge in [-0.05, 0) is 180 Å². The van der Waals surface area contributed by atoms with E-state index in [1.807, 2.05) is 88.4 Å². The number of para-hydroxylation sites is 2. The zero-order chi connectivity index (χ0) is 56.9. The number of hydrogen-bond acceptors (Lipinski definition) is 14. The molecule has 0 radical (unpaired) electrons. The molecule has 0 spiro atoms. The van der Waals surface area contributed by atoms with Crippen LogP contribution in [0.15, 0.2) is 97.1 Å². The molecule has 80 heavy (non-hydrogen) atoms. The molecule has 0 saturated carbocycles. The number of nitrogens with one attached hydrogen (secondary N) is 4. The summed E-state index contributed by atoms with van der Waals surface area (Å²) in [6, 6.07) is 38.7. The average molecular weight is 1070 g/mol. The molecule has 4 aromatic carbocycles. The predicted octanol–water partition coefficient (Wildman–Crippen LogP) is 13.0. The fourth-order valence-electron chi connectivity index (χ4n) is 11.5. The van der Waals surface area contributed by atoms with Crippen molar-refractivity contribution >= 4 is 56.2 Å². The first-order valence-electron chi connectivity index (χ1n) is 28.3. The fourth-order valence-corrected chi connectivity index (χ4v) is 11.5. The van der Waals surface area contributed by atoms with Crippen LogP contribution in [-0.2, 0) is 12.8 Å². The van der Waals surface area contributed by atoms with Crippen LogP contribution in [0.1, 0.15) is 135 Å². The first-order valence-corrected chi connectivity index (χ1v) is 28.3. The van der Waals surface area contributed by atoms with Crippen molar-refractivity contribution in [3.05, 3.63) is 165 Å². The lowest BCUT2D eigenvalue weighted by Gasteiger charge is -2.38. The highest BCUT2D eigenvalue weighted by Crippen LogP contribution is 2.39. The number of piperidine rings is 2.